The minimum absolute atomic E-state index is 0.537. The van der Waals surface area contributed by atoms with Crippen LogP contribution in [0.25, 0.3) is 11.0 Å². The molecule has 1 saturated heterocycles. The van der Waals surface area contributed by atoms with Crippen LogP contribution in [-0.4, -0.2) is 51.9 Å². The molecule has 1 atom stereocenters. The summed E-state index contributed by atoms with van der Waals surface area (Å²) in [5, 5.41) is 1.14. The first-order valence-corrected chi connectivity index (χ1v) is 11.0. The molecular formula is C22H35N5O. The molecule has 1 unspecified atom stereocenters. The molecule has 1 aliphatic carbocycles. The average Bonchev–Trinajstić information content (AvgIpc) is 3.05. The van der Waals surface area contributed by atoms with Crippen molar-refractivity contribution < 1.29 is 4.79 Å². The van der Waals surface area contributed by atoms with Crippen molar-refractivity contribution in [2.75, 3.05) is 24.5 Å². The summed E-state index contributed by atoms with van der Waals surface area (Å²) < 4.78 is 0. The molecular weight excluding hydrogens is 350 g/mol. The smallest absolute Gasteiger partial charge is 0.209 e. The zero-order chi connectivity index (χ0) is 19.8. The van der Waals surface area contributed by atoms with Gasteiger partial charge in [-0.2, -0.15) is 0 Å². The van der Waals surface area contributed by atoms with Gasteiger partial charge < -0.3 is 14.8 Å². The van der Waals surface area contributed by atoms with Crippen LogP contribution in [0.4, 0.5) is 5.82 Å². The van der Waals surface area contributed by atoms with E-state index in [4.69, 9.17) is 0 Å². The Morgan fingerprint density at radius 2 is 1.96 bits per heavy atom. The Morgan fingerprint density at radius 3 is 2.64 bits per heavy atom. The average molecular weight is 386 g/mol. The Balaban J connectivity index is 0.000000169. The van der Waals surface area contributed by atoms with Gasteiger partial charge in [-0.15, -0.1) is 0 Å². The summed E-state index contributed by atoms with van der Waals surface area (Å²) in [6.07, 6.45) is 14.9. The number of hydrogen-bond acceptors (Lipinski definition) is 4. The van der Waals surface area contributed by atoms with E-state index in [0.717, 1.165) is 48.8 Å². The number of piperidine rings is 1. The molecule has 154 valence electrons. The van der Waals surface area contributed by atoms with Crippen molar-refractivity contribution in [2.24, 2.45) is 5.92 Å². The van der Waals surface area contributed by atoms with E-state index < -0.39 is 0 Å². The first kappa shape index (κ1) is 20.6. The van der Waals surface area contributed by atoms with Gasteiger partial charge in [0.25, 0.3) is 0 Å². The van der Waals surface area contributed by atoms with E-state index in [1.165, 1.54) is 51.4 Å². The second-order valence-electron chi connectivity index (χ2n) is 8.21. The van der Waals surface area contributed by atoms with Gasteiger partial charge >= 0.3 is 0 Å². The van der Waals surface area contributed by atoms with Gasteiger partial charge in [0.1, 0.15) is 17.8 Å². The van der Waals surface area contributed by atoms with Crippen LogP contribution in [0, 0.1) is 5.92 Å². The minimum Gasteiger partial charge on any atom is -0.356 e. The van der Waals surface area contributed by atoms with Gasteiger partial charge in [0.15, 0.2) is 0 Å². The summed E-state index contributed by atoms with van der Waals surface area (Å²) in [6.45, 7) is 7.45. The van der Waals surface area contributed by atoms with Crippen molar-refractivity contribution in [3.8, 4) is 0 Å². The van der Waals surface area contributed by atoms with Gasteiger partial charge in [-0.25, -0.2) is 9.97 Å². The number of fused-ring (bicyclic) bond motifs is 1. The molecule has 6 heteroatoms. The second kappa shape index (κ2) is 10.4. The molecule has 1 saturated carbocycles. The van der Waals surface area contributed by atoms with Crippen LogP contribution in [0.2, 0.25) is 0 Å². The maximum atomic E-state index is 10.7. The number of aromatic amines is 1. The Bertz CT molecular complexity index is 723. The third kappa shape index (κ3) is 5.24. The van der Waals surface area contributed by atoms with Gasteiger partial charge in [-0.3, -0.25) is 4.79 Å². The largest absolute Gasteiger partial charge is 0.356 e. The molecule has 2 aromatic rings. The lowest BCUT2D eigenvalue weighted by Gasteiger charge is -2.32. The van der Waals surface area contributed by atoms with Gasteiger partial charge in [0.2, 0.25) is 6.41 Å². The predicted octanol–water partition coefficient (Wildman–Crippen LogP) is 4.38. The standard InChI is InChI=1S/C12H16N4.C10H19NO/c1-9-3-2-6-16(7-9)12-10-4-5-13-11(10)14-8-15-12;1-2-11(9-12)10-7-5-3-4-6-8-10/h4-5,8-9H,2-3,6-7H2,1H3,(H,13,14,15);9-10H,2-8H2,1H3. The summed E-state index contributed by atoms with van der Waals surface area (Å²) >= 11 is 0. The van der Waals surface area contributed by atoms with Crippen LogP contribution in [-0.2, 0) is 4.79 Å². The lowest BCUT2D eigenvalue weighted by Crippen LogP contribution is -2.34. The number of aromatic nitrogens is 3. The van der Waals surface area contributed by atoms with E-state index in [1.807, 2.05) is 11.1 Å². The fourth-order valence-corrected chi connectivity index (χ4v) is 4.50. The van der Waals surface area contributed by atoms with Crippen LogP contribution in [0.5, 0.6) is 0 Å². The molecule has 2 aliphatic rings. The highest BCUT2D eigenvalue weighted by Crippen LogP contribution is 2.26. The fraction of sp³-hybridized carbons (Fsp3) is 0.682. The van der Waals surface area contributed by atoms with Crippen molar-refractivity contribution in [3.05, 3.63) is 18.6 Å². The lowest BCUT2D eigenvalue weighted by molar-refractivity contribution is -0.120. The SMILES string of the molecule is CC1CCCN(c2ncnc3[nH]ccc23)C1.CCN(C=O)C1CCCCCC1. The molecule has 6 nitrogen and oxygen atoms in total. The van der Waals surface area contributed by atoms with E-state index in [-0.39, 0.29) is 0 Å². The van der Waals surface area contributed by atoms with Crippen molar-refractivity contribution in [1.82, 2.24) is 19.9 Å². The highest BCUT2D eigenvalue weighted by atomic mass is 16.1. The van der Waals surface area contributed by atoms with E-state index in [9.17, 15) is 4.79 Å². The van der Waals surface area contributed by atoms with Crippen molar-refractivity contribution in [2.45, 2.75) is 71.3 Å². The second-order valence-corrected chi connectivity index (χ2v) is 8.21. The zero-order valence-electron chi connectivity index (χ0n) is 17.4. The van der Waals surface area contributed by atoms with Crippen molar-refractivity contribution in [3.63, 3.8) is 0 Å². The third-order valence-corrected chi connectivity index (χ3v) is 6.08. The van der Waals surface area contributed by atoms with Gasteiger partial charge in [0, 0.05) is 31.9 Å². The highest BCUT2D eigenvalue weighted by Gasteiger charge is 2.19. The van der Waals surface area contributed by atoms with Gasteiger partial charge in [0.05, 0.1) is 5.39 Å². The van der Waals surface area contributed by atoms with Crippen LogP contribution in [0.15, 0.2) is 18.6 Å². The quantitative estimate of drug-likeness (QED) is 0.626. The monoisotopic (exact) mass is 385 g/mol. The molecule has 0 radical (unpaired) electrons. The van der Waals surface area contributed by atoms with Crippen LogP contribution in [0.3, 0.4) is 0 Å². The first-order valence-electron chi connectivity index (χ1n) is 11.0. The van der Waals surface area contributed by atoms with Crippen molar-refractivity contribution >= 4 is 23.3 Å². The maximum Gasteiger partial charge on any atom is 0.209 e. The highest BCUT2D eigenvalue weighted by molar-refractivity contribution is 5.87. The Morgan fingerprint density at radius 1 is 1.18 bits per heavy atom. The molecule has 0 spiro atoms. The molecule has 28 heavy (non-hydrogen) atoms. The number of carbonyl (C=O) groups excluding carboxylic acids is 1. The summed E-state index contributed by atoms with van der Waals surface area (Å²) in [5.74, 6) is 1.84. The molecule has 3 heterocycles. The molecule has 2 fully saturated rings. The molecule has 2 aromatic heterocycles. The molecule has 1 amide bonds. The Kier molecular flexibility index (Phi) is 7.69. The summed E-state index contributed by atoms with van der Waals surface area (Å²) in [7, 11) is 0. The van der Waals surface area contributed by atoms with Crippen LogP contribution >= 0.6 is 0 Å². The topological polar surface area (TPSA) is 65.1 Å². The number of carbonyl (C=O) groups is 1. The third-order valence-electron chi connectivity index (χ3n) is 6.08. The number of nitrogens with one attached hydrogen (secondary N) is 1. The number of H-pyrrole nitrogens is 1. The first-order chi connectivity index (χ1) is 13.7. The number of anilines is 1. The molecule has 4 rings (SSSR count). The van der Waals surface area contributed by atoms with Crippen LogP contribution in [0.1, 0.15) is 65.2 Å². The van der Waals surface area contributed by atoms with Gasteiger partial charge in [-0.1, -0.05) is 32.6 Å². The van der Waals surface area contributed by atoms with Gasteiger partial charge in [-0.05, 0) is 44.6 Å². The number of hydrogen-bond donors (Lipinski definition) is 1. The lowest BCUT2D eigenvalue weighted by atomic mass is 10.0. The summed E-state index contributed by atoms with van der Waals surface area (Å²) in [6, 6.07) is 2.60. The molecule has 0 aromatic carbocycles. The summed E-state index contributed by atoms with van der Waals surface area (Å²) in [5.41, 5.74) is 0.934. The van der Waals surface area contributed by atoms with E-state index >= 15 is 0 Å². The Hall–Kier alpha value is -2.11. The zero-order valence-corrected chi connectivity index (χ0v) is 17.4. The predicted molar refractivity (Wildman–Crippen MR) is 114 cm³/mol. The summed E-state index contributed by atoms with van der Waals surface area (Å²) in [4.78, 5) is 26.8. The number of nitrogens with zero attached hydrogens (tertiary/aromatic N) is 4. The van der Waals surface area contributed by atoms with E-state index in [2.05, 4.69) is 39.8 Å². The molecule has 0 bridgehead atoms. The molecule has 1 aliphatic heterocycles. The Labute approximate surface area is 168 Å². The number of amides is 1. The van der Waals surface area contributed by atoms with Crippen molar-refractivity contribution in [1.29, 1.82) is 0 Å². The minimum atomic E-state index is 0.537. The fourth-order valence-electron chi connectivity index (χ4n) is 4.50. The van der Waals surface area contributed by atoms with Crippen LogP contribution < -0.4 is 4.90 Å². The molecule has 1 N–H and O–H groups in total. The van der Waals surface area contributed by atoms with E-state index in [0.29, 0.717) is 6.04 Å². The number of rotatable bonds is 4. The normalized spacial score (nSPS) is 20.9. The van der Waals surface area contributed by atoms with E-state index in [1.54, 1.807) is 6.33 Å². The maximum absolute atomic E-state index is 10.7.